The number of esters is 1. The number of fused-ring (bicyclic) bond motifs is 2. The summed E-state index contributed by atoms with van der Waals surface area (Å²) >= 11 is 0. The molecule has 0 aliphatic carbocycles. The molecule has 0 fully saturated rings. The number of primary amides is 1. The first-order valence-electron chi connectivity index (χ1n) is 13.1. The highest BCUT2D eigenvalue weighted by atomic mass is 16.6. The van der Waals surface area contributed by atoms with Crippen LogP contribution in [0.25, 0.3) is 10.9 Å². The molecule has 0 bridgehead atoms. The molecule has 5 rings (SSSR count). The molecule has 1 atom stereocenters. The molecule has 2 N–H and O–H groups in total. The van der Waals surface area contributed by atoms with Gasteiger partial charge in [0.2, 0.25) is 0 Å². The van der Waals surface area contributed by atoms with E-state index in [0.29, 0.717) is 16.9 Å². The van der Waals surface area contributed by atoms with Gasteiger partial charge in [-0.3, -0.25) is 4.79 Å². The Hall–Kier alpha value is -4.26. The van der Waals surface area contributed by atoms with Gasteiger partial charge in [-0.1, -0.05) is 36.4 Å². The zero-order chi connectivity index (χ0) is 27.0. The van der Waals surface area contributed by atoms with Crippen molar-refractivity contribution >= 4 is 28.5 Å². The van der Waals surface area contributed by atoms with Gasteiger partial charge in [-0.05, 0) is 52.0 Å². The minimum absolute atomic E-state index is 0.296. The highest BCUT2D eigenvalue weighted by Gasteiger charge is 2.52. The molecule has 1 aliphatic rings. The van der Waals surface area contributed by atoms with Gasteiger partial charge < -0.3 is 24.7 Å². The van der Waals surface area contributed by atoms with Gasteiger partial charge in [-0.15, -0.1) is 0 Å². The van der Waals surface area contributed by atoms with E-state index in [9.17, 15) is 9.59 Å². The first-order chi connectivity index (χ1) is 18.4. The molecule has 7 heteroatoms. The van der Waals surface area contributed by atoms with Gasteiger partial charge in [0.05, 0.1) is 5.56 Å². The molecule has 1 amide bonds. The topological polar surface area (TPSA) is 86.8 Å². The third-order valence-electron chi connectivity index (χ3n) is 7.51. The largest absolute Gasteiger partial charge is 0.483 e. The lowest BCUT2D eigenvalue weighted by Crippen LogP contribution is -2.32. The van der Waals surface area contributed by atoms with Crippen molar-refractivity contribution in [3.63, 3.8) is 0 Å². The fraction of sp³-hybridized carbons (Fsp3) is 0.290. The number of aryl methyl sites for hydroxylation is 1. The normalized spacial score (nSPS) is 16.4. The summed E-state index contributed by atoms with van der Waals surface area (Å²) in [7, 11) is 0. The number of hydrogen-bond acceptors (Lipinski definition) is 5. The maximum Gasteiger partial charge on any atom is 0.340 e. The Labute approximate surface area is 222 Å². The standard InChI is InChI=1S/C31H33N3O4/c1-5-33(6-2)21-16-17-25(27(18-21)37-19-28(32)35)31(24-14-10-8-12-22(24)30(36)38-31)29-20(4)34(7-3)26-15-11-9-13-23(26)29/h8-18H,5-7,19H2,1-4H3,(H2,32,35). The number of cyclic esters (lactones) is 1. The maximum atomic E-state index is 13.4. The number of anilines is 1. The molecule has 1 aromatic heterocycles. The average molecular weight is 512 g/mol. The Morgan fingerprint density at radius 2 is 1.71 bits per heavy atom. The van der Waals surface area contributed by atoms with E-state index in [-0.39, 0.29) is 6.61 Å². The van der Waals surface area contributed by atoms with Crippen molar-refractivity contribution in [3.05, 3.63) is 94.7 Å². The first kappa shape index (κ1) is 25.4. The Morgan fingerprint density at radius 3 is 2.42 bits per heavy atom. The maximum absolute atomic E-state index is 13.4. The van der Waals surface area contributed by atoms with Crippen LogP contribution in [0, 0.1) is 6.92 Å². The van der Waals surface area contributed by atoms with Crippen LogP contribution < -0.4 is 15.4 Å². The third kappa shape index (κ3) is 3.81. The van der Waals surface area contributed by atoms with E-state index in [1.54, 1.807) is 6.07 Å². The smallest absolute Gasteiger partial charge is 0.340 e. The third-order valence-corrected chi connectivity index (χ3v) is 7.51. The molecule has 38 heavy (non-hydrogen) atoms. The van der Waals surface area contributed by atoms with Crippen LogP contribution in [0.3, 0.4) is 0 Å². The number of nitrogens with zero attached hydrogens (tertiary/aromatic N) is 2. The van der Waals surface area contributed by atoms with Crippen LogP contribution in [0.15, 0.2) is 66.7 Å². The van der Waals surface area contributed by atoms with Gasteiger partial charge in [0, 0.05) is 64.7 Å². The number of hydrogen-bond donors (Lipinski definition) is 1. The number of benzene rings is 3. The zero-order valence-electron chi connectivity index (χ0n) is 22.3. The SMILES string of the molecule is CCN(CC)c1ccc(C2(c3c(C)n(CC)c4ccccc34)OC(=O)c3ccccc32)c(OCC(N)=O)c1. The molecule has 1 aliphatic heterocycles. The Bertz CT molecular complexity index is 1540. The second kappa shape index (κ2) is 9.89. The lowest BCUT2D eigenvalue weighted by molar-refractivity contribution is -0.120. The quantitative estimate of drug-likeness (QED) is 0.314. The van der Waals surface area contributed by atoms with Gasteiger partial charge in [-0.2, -0.15) is 0 Å². The Morgan fingerprint density at radius 1 is 1.00 bits per heavy atom. The highest BCUT2D eigenvalue weighted by Crippen LogP contribution is 2.53. The summed E-state index contributed by atoms with van der Waals surface area (Å²) < 4.78 is 14.8. The predicted molar refractivity (Wildman–Crippen MR) is 149 cm³/mol. The lowest BCUT2D eigenvalue weighted by Gasteiger charge is -2.33. The van der Waals surface area contributed by atoms with Crippen molar-refractivity contribution in [2.45, 2.75) is 39.8 Å². The molecule has 0 radical (unpaired) electrons. The van der Waals surface area contributed by atoms with Crippen LogP contribution in [0.1, 0.15) is 53.5 Å². The van der Waals surface area contributed by atoms with E-state index < -0.39 is 17.5 Å². The van der Waals surface area contributed by atoms with E-state index in [2.05, 4.69) is 49.3 Å². The van der Waals surface area contributed by atoms with E-state index in [0.717, 1.165) is 53.0 Å². The summed E-state index contributed by atoms with van der Waals surface area (Å²) in [5.41, 5.74) is 9.98. The lowest BCUT2D eigenvalue weighted by atomic mass is 9.78. The number of amides is 1. The number of nitrogens with two attached hydrogens (primary N) is 1. The summed E-state index contributed by atoms with van der Waals surface area (Å²) in [5, 5.41) is 0.991. The Kier molecular flexibility index (Phi) is 6.61. The van der Waals surface area contributed by atoms with Gasteiger partial charge in [0.15, 0.2) is 12.2 Å². The molecule has 0 saturated carbocycles. The number of ether oxygens (including phenoxy) is 2. The molecular weight excluding hydrogens is 478 g/mol. The van der Waals surface area contributed by atoms with Crippen molar-refractivity contribution in [2.75, 3.05) is 24.6 Å². The van der Waals surface area contributed by atoms with Gasteiger partial charge >= 0.3 is 5.97 Å². The number of rotatable bonds is 9. The van der Waals surface area contributed by atoms with Crippen molar-refractivity contribution in [1.29, 1.82) is 0 Å². The van der Waals surface area contributed by atoms with Crippen LogP contribution in [0.4, 0.5) is 5.69 Å². The van der Waals surface area contributed by atoms with Crippen molar-refractivity contribution in [3.8, 4) is 5.75 Å². The number of carbonyl (C=O) groups excluding carboxylic acids is 2. The minimum Gasteiger partial charge on any atom is -0.483 e. The molecule has 196 valence electrons. The van der Waals surface area contributed by atoms with E-state index in [1.807, 2.05) is 48.5 Å². The predicted octanol–water partition coefficient (Wildman–Crippen LogP) is 5.14. The molecule has 4 aromatic rings. The first-order valence-corrected chi connectivity index (χ1v) is 13.1. The van der Waals surface area contributed by atoms with E-state index in [4.69, 9.17) is 15.2 Å². The second-order valence-corrected chi connectivity index (χ2v) is 9.45. The van der Waals surface area contributed by atoms with Crippen molar-refractivity contribution in [2.24, 2.45) is 5.73 Å². The fourth-order valence-electron chi connectivity index (χ4n) is 5.88. The zero-order valence-corrected chi connectivity index (χ0v) is 22.3. The molecule has 1 unspecified atom stereocenters. The van der Waals surface area contributed by atoms with Gasteiger partial charge in [0.1, 0.15) is 5.75 Å². The van der Waals surface area contributed by atoms with Gasteiger partial charge in [0.25, 0.3) is 5.91 Å². The fourth-order valence-corrected chi connectivity index (χ4v) is 5.88. The molecule has 7 nitrogen and oxygen atoms in total. The highest BCUT2D eigenvalue weighted by molar-refractivity contribution is 5.99. The van der Waals surface area contributed by atoms with Crippen LogP contribution >= 0.6 is 0 Å². The molecule has 0 spiro atoms. The van der Waals surface area contributed by atoms with E-state index >= 15 is 0 Å². The van der Waals surface area contributed by atoms with Crippen molar-refractivity contribution < 1.29 is 19.1 Å². The minimum atomic E-state index is -1.29. The summed E-state index contributed by atoms with van der Waals surface area (Å²) in [6, 6.07) is 21.5. The van der Waals surface area contributed by atoms with E-state index in [1.165, 1.54) is 0 Å². The van der Waals surface area contributed by atoms with Crippen LogP contribution in [0.2, 0.25) is 0 Å². The molecule has 0 saturated heterocycles. The van der Waals surface area contributed by atoms with Crippen LogP contribution in [0.5, 0.6) is 5.75 Å². The van der Waals surface area contributed by atoms with Gasteiger partial charge in [-0.25, -0.2) is 4.79 Å². The van der Waals surface area contributed by atoms with Crippen molar-refractivity contribution in [1.82, 2.24) is 4.57 Å². The second-order valence-electron chi connectivity index (χ2n) is 9.45. The van der Waals surface area contributed by atoms with Crippen LogP contribution in [-0.2, 0) is 21.7 Å². The number of carbonyl (C=O) groups is 2. The van der Waals surface area contributed by atoms with Crippen LogP contribution in [-0.4, -0.2) is 36.1 Å². The average Bonchev–Trinajstić information content (AvgIpc) is 3.39. The molecule has 3 aromatic carbocycles. The summed E-state index contributed by atoms with van der Waals surface area (Å²) in [5.74, 6) is -0.534. The Balaban J connectivity index is 1.89. The summed E-state index contributed by atoms with van der Waals surface area (Å²) in [6.45, 7) is 10.4. The number of para-hydroxylation sites is 1. The summed E-state index contributed by atoms with van der Waals surface area (Å²) in [6.07, 6.45) is 0. The monoisotopic (exact) mass is 511 g/mol. The number of aromatic nitrogens is 1. The molecule has 2 heterocycles. The summed E-state index contributed by atoms with van der Waals surface area (Å²) in [4.78, 5) is 27.4. The molecular formula is C31H33N3O4.